The Kier molecular flexibility index (Phi) is 10.8. The summed E-state index contributed by atoms with van der Waals surface area (Å²) in [5, 5.41) is -0.238. The average Bonchev–Trinajstić information content (AvgIpc) is 3.40. The van der Waals surface area contributed by atoms with E-state index in [4.69, 9.17) is 0 Å². The predicted octanol–water partition coefficient (Wildman–Crippen LogP) is 4.22. The summed E-state index contributed by atoms with van der Waals surface area (Å²) in [7, 11) is 0. The first kappa shape index (κ1) is 25.8. The van der Waals surface area contributed by atoms with E-state index in [9.17, 15) is 19.2 Å². The molecule has 2 unspecified atom stereocenters. The van der Waals surface area contributed by atoms with Gasteiger partial charge in [0.15, 0.2) is 0 Å². The molecule has 0 spiro atoms. The first-order valence-electron chi connectivity index (χ1n) is 11.0. The number of amides is 2. The SMILES string of the molecule is CC(C)C(=O)CCCCCN1C(=O)CC(SCCCSCCC(=O)C2(C)CS2)C1=O. The van der Waals surface area contributed by atoms with Crippen LogP contribution in [0.5, 0.6) is 0 Å². The summed E-state index contributed by atoms with van der Waals surface area (Å²) < 4.78 is -0.0941. The highest BCUT2D eigenvalue weighted by atomic mass is 32.2. The molecule has 2 fully saturated rings. The molecule has 8 heteroatoms. The van der Waals surface area contributed by atoms with Gasteiger partial charge < -0.3 is 0 Å². The van der Waals surface area contributed by atoms with Gasteiger partial charge in [-0.25, -0.2) is 0 Å². The van der Waals surface area contributed by atoms with Gasteiger partial charge in [-0.1, -0.05) is 20.3 Å². The third-order valence-electron chi connectivity index (χ3n) is 5.54. The number of thioether (sulfide) groups is 3. The van der Waals surface area contributed by atoms with Crippen LogP contribution in [-0.4, -0.2) is 67.8 Å². The molecule has 2 aliphatic heterocycles. The Balaban J connectivity index is 1.51. The standard InChI is InChI=1S/C22H35NO4S3/c1-16(2)17(24)8-5-4-6-10-23-20(26)14-18(21(23)27)29-12-7-11-28-13-9-19(25)22(3)15-30-22/h16,18H,4-15H2,1-3H3. The zero-order chi connectivity index (χ0) is 22.1. The summed E-state index contributed by atoms with van der Waals surface area (Å²) in [6.07, 6.45) is 5.00. The highest BCUT2D eigenvalue weighted by molar-refractivity contribution is 8.08. The van der Waals surface area contributed by atoms with Crippen LogP contribution in [0.1, 0.15) is 65.7 Å². The smallest absolute Gasteiger partial charge is 0.242 e. The van der Waals surface area contributed by atoms with E-state index in [1.54, 1.807) is 35.3 Å². The lowest BCUT2D eigenvalue weighted by molar-refractivity contribution is -0.138. The lowest BCUT2D eigenvalue weighted by atomic mass is 10.0. The van der Waals surface area contributed by atoms with E-state index in [2.05, 4.69) is 0 Å². The van der Waals surface area contributed by atoms with Crippen molar-refractivity contribution in [2.75, 3.05) is 29.6 Å². The van der Waals surface area contributed by atoms with Gasteiger partial charge in [-0.05, 0) is 37.7 Å². The molecule has 0 aliphatic carbocycles. The number of rotatable bonds is 16. The Morgan fingerprint density at radius 3 is 2.50 bits per heavy atom. The van der Waals surface area contributed by atoms with Crippen molar-refractivity contribution in [3.8, 4) is 0 Å². The van der Waals surface area contributed by atoms with Crippen LogP contribution in [0, 0.1) is 5.92 Å². The molecule has 0 radical (unpaired) electrons. The largest absolute Gasteiger partial charge is 0.299 e. The minimum absolute atomic E-state index is 0.0447. The lowest BCUT2D eigenvalue weighted by Gasteiger charge is -2.14. The molecule has 0 aromatic heterocycles. The van der Waals surface area contributed by atoms with Crippen LogP contribution in [0.25, 0.3) is 0 Å². The van der Waals surface area contributed by atoms with Crippen LogP contribution in [0.2, 0.25) is 0 Å². The monoisotopic (exact) mass is 473 g/mol. The molecule has 2 rings (SSSR count). The van der Waals surface area contributed by atoms with Crippen LogP contribution in [0.4, 0.5) is 0 Å². The topological polar surface area (TPSA) is 71.5 Å². The normalized spacial score (nSPS) is 23.5. The number of carbonyl (C=O) groups is 4. The quantitative estimate of drug-likeness (QED) is 0.189. The first-order valence-corrected chi connectivity index (χ1v) is 14.2. The Hall–Kier alpha value is -0.470. The maximum Gasteiger partial charge on any atom is 0.242 e. The number of imide groups is 1. The van der Waals surface area contributed by atoms with Gasteiger partial charge in [0.1, 0.15) is 11.6 Å². The molecule has 2 saturated heterocycles. The molecule has 0 bridgehead atoms. The maximum atomic E-state index is 12.5. The Bertz CT molecular complexity index is 634. The highest BCUT2D eigenvalue weighted by Gasteiger charge is 2.45. The molecular formula is C22H35NO4S3. The predicted molar refractivity (Wildman–Crippen MR) is 128 cm³/mol. The second-order valence-corrected chi connectivity index (χ2v) is 12.6. The Labute approximate surface area is 193 Å². The van der Waals surface area contributed by atoms with E-state index in [0.29, 0.717) is 31.6 Å². The van der Waals surface area contributed by atoms with Crippen LogP contribution < -0.4 is 0 Å². The number of hydrogen-bond acceptors (Lipinski definition) is 7. The number of nitrogens with zero attached hydrogens (tertiary/aromatic N) is 1. The van der Waals surface area contributed by atoms with Gasteiger partial charge in [0, 0.05) is 43.2 Å². The molecule has 2 amide bonds. The van der Waals surface area contributed by atoms with Gasteiger partial charge in [0.25, 0.3) is 0 Å². The summed E-state index contributed by atoms with van der Waals surface area (Å²) in [5.74, 6) is 4.31. The molecule has 0 saturated carbocycles. The molecule has 30 heavy (non-hydrogen) atoms. The fraction of sp³-hybridized carbons (Fsp3) is 0.818. The van der Waals surface area contributed by atoms with Gasteiger partial charge in [-0.3, -0.25) is 24.1 Å². The van der Waals surface area contributed by atoms with Gasteiger partial charge in [0.05, 0.1) is 10.00 Å². The zero-order valence-electron chi connectivity index (χ0n) is 18.4. The van der Waals surface area contributed by atoms with E-state index >= 15 is 0 Å². The lowest BCUT2D eigenvalue weighted by Crippen LogP contribution is -2.32. The van der Waals surface area contributed by atoms with Gasteiger partial charge in [-0.15, -0.1) is 23.5 Å². The molecule has 0 aromatic rings. The third kappa shape index (κ3) is 8.23. The van der Waals surface area contributed by atoms with Crippen LogP contribution in [0.15, 0.2) is 0 Å². The molecule has 0 N–H and O–H groups in total. The Morgan fingerprint density at radius 2 is 1.83 bits per heavy atom. The summed E-state index contributed by atoms with van der Waals surface area (Å²) in [4.78, 5) is 49.7. The minimum atomic E-state index is -0.238. The van der Waals surface area contributed by atoms with Crippen molar-refractivity contribution in [3.63, 3.8) is 0 Å². The highest BCUT2D eigenvalue weighted by Crippen LogP contribution is 2.45. The fourth-order valence-electron chi connectivity index (χ4n) is 3.24. The third-order valence-corrected chi connectivity index (χ3v) is 9.29. The van der Waals surface area contributed by atoms with Crippen LogP contribution in [0.3, 0.4) is 0 Å². The van der Waals surface area contributed by atoms with Gasteiger partial charge >= 0.3 is 0 Å². The molecule has 2 atom stereocenters. The summed E-state index contributed by atoms with van der Waals surface area (Å²) in [5.41, 5.74) is 0. The summed E-state index contributed by atoms with van der Waals surface area (Å²) in [6, 6.07) is 0. The fourth-order valence-corrected chi connectivity index (χ4v) is 6.07. The van der Waals surface area contributed by atoms with E-state index in [-0.39, 0.29) is 33.5 Å². The van der Waals surface area contributed by atoms with Crippen molar-refractivity contribution in [2.45, 2.75) is 75.7 Å². The molecule has 0 aromatic carbocycles. The van der Waals surface area contributed by atoms with E-state index in [1.807, 2.05) is 20.8 Å². The van der Waals surface area contributed by atoms with Crippen molar-refractivity contribution in [3.05, 3.63) is 0 Å². The van der Waals surface area contributed by atoms with E-state index < -0.39 is 0 Å². The molecule has 2 heterocycles. The maximum absolute atomic E-state index is 12.5. The molecule has 170 valence electrons. The average molecular weight is 474 g/mol. The zero-order valence-corrected chi connectivity index (χ0v) is 20.9. The minimum Gasteiger partial charge on any atom is -0.299 e. The van der Waals surface area contributed by atoms with Crippen molar-refractivity contribution in [1.82, 2.24) is 4.90 Å². The molecular weight excluding hydrogens is 438 g/mol. The second-order valence-electron chi connectivity index (χ2n) is 8.54. The van der Waals surface area contributed by atoms with Gasteiger partial charge in [-0.2, -0.15) is 11.8 Å². The van der Waals surface area contributed by atoms with Crippen molar-refractivity contribution >= 4 is 58.7 Å². The molecule has 2 aliphatic rings. The van der Waals surface area contributed by atoms with E-state index in [0.717, 1.165) is 48.7 Å². The van der Waals surface area contributed by atoms with Crippen molar-refractivity contribution in [1.29, 1.82) is 0 Å². The number of likely N-dealkylation sites (tertiary alicyclic amines) is 1. The number of Topliss-reactive ketones (excluding diaryl/α,β-unsaturated/α-hetero) is 2. The van der Waals surface area contributed by atoms with Crippen molar-refractivity contribution in [2.24, 2.45) is 5.92 Å². The second kappa shape index (κ2) is 12.5. The number of carbonyl (C=O) groups excluding carboxylic acids is 4. The first-order chi connectivity index (χ1) is 14.2. The summed E-state index contributed by atoms with van der Waals surface area (Å²) >= 11 is 5.12. The van der Waals surface area contributed by atoms with Crippen LogP contribution in [-0.2, 0) is 19.2 Å². The van der Waals surface area contributed by atoms with E-state index in [1.165, 1.54) is 4.90 Å². The van der Waals surface area contributed by atoms with Crippen LogP contribution >= 0.6 is 35.3 Å². The summed E-state index contributed by atoms with van der Waals surface area (Å²) in [6.45, 7) is 6.33. The number of ketones is 2. The number of hydrogen-bond donors (Lipinski definition) is 0. The Morgan fingerprint density at radius 1 is 1.10 bits per heavy atom. The number of unbranched alkanes of at least 4 members (excludes halogenated alkanes) is 2. The van der Waals surface area contributed by atoms with Crippen molar-refractivity contribution < 1.29 is 19.2 Å². The van der Waals surface area contributed by atoms with Gasteiger partial charge in [0.2, 0.25) is 11.8 Å². The molecule has 5 nitrogen and oxygen atoms in total.